The van der Waals surface area contributed by atoms with Gasteiger partial charge in [-0.1, -0.05) is 55.5 Å². The van der Waals surface area contributed by atoms with Crippen molar-refractivity contribution < 1.29 is 5.11 Å². The van der Waals surface area contributed by atoms with Gasteiger partial charge in [0.05, 0.1) is 6.61 Å². The number of hydrogen-bond donors (Lipinski definition) is 1. The highest BCUT2D eigenvalue weighted by molar-refractivity contribution is 5.58. The summed E-state index contributed by atoms with van der Waals surface area (Å²) in [6.07, 6.45) is 1.10. The van der Waals surface area contributed by atoms with Crippen LogP contribution in [-0.4, -0.2) is 24.8 Å². The largest absolute Gasteiger partial charge is 0.395 e. The highest BCUT2D eigenvalue weighted by Crippen LogP contribution is 2.32. The zero-order chi connectivity index (χ0) is 14.0. The van der Waals surface area contributed by atoms with Crippen LogP contribution in [0, 0.1) is 0 Å². The van der Waals surface area contributed by atoms with Gasteiger partial charge in [0.2, 0.25) is 0 Å². The molecule has 0 aromatic heterocycles. The Balaban J connectivity index is 1.87. The Labute approximate surface area is 120 Å². The van der Waals surface area contributed by atoms with Gasteiger partial charge >= 0.3 is 0 Å². The van der Waals surface area contributed by atoms with Crippen LogP contribution >= 0.6 is 0 Å². The van der Waals surface area contributed by atoms with E-state index in [4.69, 9.17) is 0 Å². The molecule has 104 valence electrons. The number of nitrogens with zero attached hydrogens (tertiary/aromatic N) is 1. The molecule has 3 rings (SSSR count). The molecule has 0 amide bonds. The van der Waals surface area contributed by atoms with Crippen molar-refractivity contribution >= 4 is 5.69 Å². The van der Waals surface area contributed by atoms with Crippen molar-refractivity contribution in [1.82, 2.24) is 0 Å². The molecule has 0 aliphatic carbocycles. The van der Waals surface area contributed by atoms with Gasteiger partial charge in [-0.15, -0.1) is 0 Å². The number of benzene rings is 2. The summed E-state index contributed by atoms with van der Waals surface area (Å²) in [5, 5.41) is 9.92. The van der Waals surface area contributed by atoms with Crippen molar-refractivity contribution in [2.45, 2.75) is 18.8 Å². The van der Waals surface area contributed by atoms with Crippen LogP contribution < -0.4 is 4.90 Å². The Morgan fingerprint density at radius 2 is 1.75 bits per heavy atom. The van der Waals surface area contributed by atoms with E-state index in [9.17, 15) is 5.11 Å². The average Bonchev–Trinajstić information content (AvgIpc) is 2.91. The summed E-state index contributed by atoms with van der Waals surface area (Å²) in [6.45, 7) is 4.20. The van der Waals surface area contributed by atoms with Crippen molar-refractivity contribution in [3.8, 4) is 0 Å². The maximum Gasteiger partial charge on any atom is 0.0542 e. The van der Waals surface area contributed by atoms with Crippen molar-refractivity contribution in [3.63, 3.8) is 0 Å². The Hall–Kier alpha value is -1.80. The van der Waals surface area contributed by atoms with E-state index in [2.05, 4.69) is 48.2 Å². The minimum Gasteiger partial charge on any atom is -0.395 e. The second-order valence-electron chi connectivity index (χ2n) is 5.89. The third-order valence-corrected chi connectivity index (χ3v) is 4.34. The lowest BCUT2D eigenvalue weighted by atomic mass is 9.82. The monoisotopic (exact) mass is 267 g/mol. The lowest BCUT2D eigenvalue weighted by Gasteiger charge is -2.34. The summed E-state index contributed by atoms with van der Waals surface area (Å²) >= 11 is 0. The van der Waals surface area contributed by atoms with Crippen molar-refractivity contribution in [3.05, 3.63) is 65.7 Å². The van der Waals surface area contributed by atoms with E-state index < -0.39 is 0 Å². The first-order valence-electron chi connectivity index (χ1n) is 7.22. The van der Waals surface area contributed by atoms with Crippen LogP contribution in [0.25, 0.3) is 0 Å². The molecule has 0 saturated carbocycles. The summed E-state index contributed by atoms with van der Waals surface area (Å²) in [5.41, 5.74) is 3.72. The Morgan fingerprint density at radius 3 is 2.50 bits per heavy atom. The SMILES string of the molecule is CC(CO)(CN1CCc2ccccc21)c1ccccc1. The van der Waals surface area contributed by atoms with Crippen molar-refractivity contribution in [1.29, 1.82) is 0 Å². The van der Waals surface area contributed by atoms with Crippen molar-refractivity contribution in [2.75, 3.05) is 24.6 Å². The van der Waals surface area contributed by atoms with Crippen LogP contribution in [-0.2, 0) is 11.8 Å². The molecule has 1 heterocycles. The molecule has 0 saturated heterocycles. The molecule has 20 heavy (non-hydrogen) atoms. The zero-order valence-electron chi connectivity index (χ0n) is 11.9. The summed E-state index contributed by atoms with van der Waals surface area (Å²) in [5.74, 6) is 0. The van der Waals surface area contributed by atoms with Crippen molar-refractivity contribution in [2.24, 2.45) is 0 Å². The van der Waals surface area contributed by atoms with Crippen LogP contribution in [0.1, 0.15) is 18.1 Å². The standard InChI is InChI=1S/C18H21NO/c1-18(14-20,16-8-3-2-4-9-16)13-19-12-11-15-7-5-6-10-17(15)19/h2-10,20H,11-14H2,1H3. The first-order chi connectivity index (χ1) is 9.73. The molecule has 2 aromatic carbocycles. The van der Waals surface area contributed by atoms with Crippen LogP contribution in [0.5, 0.6) is 0 Å². The first kappa shape index (κ1) is 13.2. The number of para-hydroxylation sites is 1. The maximum absolute atomic E-state index is 9.92. The molecule has 1 aliphatic heterocycles. The molecule has 0 bridgehead atoms. The van der Waals surface area contributed by atoms with Crippen LogP contribution in [0.3, 0.4) is 0 Å². The smallest absolute Gasteiger partial charge is 0.0542 e. The lowest BCUT2D eigenvalue weighted by Crippen LogP contribution is -2.41. The number of rotatable bonds is 4. The normalized spacial score (nSPS) is 16.8. The molecule has 2 nitrogen and oxygen atoms in total. The molecule has 1 unspecified atom stereocenters. The summed E-state index contributed by atoms with van der Waals surface area (Å²) in [6, 6.07) is 18.9. The number of aliphatic hydroxyl groups is 1. The van der Waals surface area contributed by atoms with Crippen LogP contribution in [0.2, 0.25) is 0 Å². The molecule has 2 aromatic rings. The van der Waals surface area contributed by atoms with Gasteiger partial charge in [0, 0.05) is 24.2 Å². The van der Waals surface area contributed by atoms with Gasteiger partial charge in [-0.05, 0) is 23.6 Å². The predicted molar refractivity (Wildman–Crippen MR) is 83.2 cm³/mol. The van der Waals surface area contributed by atoms with E-state index in [1.165, 1.54) is 16.8 Å². The number of aliphatic hydroxyl groups excluding tert-OH is 1. The molecule has 1 N–H and O–H groups in total. The van der Waals surface area contributed by atoms with Gasteiger partial charge in [-0.2, -0.15) is 0 Å². The summed E-state index contributed by atoms with van der Waals surface area (Å²) in [4.78, 5) is 2.40. The number of fused-ring (bicyclic) bond motifs is 1. The number of hydrogen-bond acceptors (Lipinski definition) is 2. The Morgan fingerprint density at radius 1 is 1.05 bits per heavy atom. The highest BCUT2D eigenvalue weighted by atomic mass is 16.3. The van der Waals surface area contributed by atoms with E-state index in [-0.39, 0.29) is 12.0 Å². The maximum atomic E-state index is 9.92. The molecule has 1 aliphatic rings. The number of anilines is 1. The molecular formula is C18H21NO. The van der Waals surface area contributed by atoms with E-state index in [0.717, 1.165) is 19.5 Å². The van der Waals surface area contributed by atoms with E-state index in [0.29, 0.717) is 0 Å². The van der Waals surface area contributed by atoms with Gasteiger partial charge in [-0.25, -0.2) is 0 Å². The molecule has 2 heteroatoms. The quantitative estimate of drug-likeness (QED) is 0.920. The predicted octanol–water partition coefficient (Wildman–Crippen LogP) is 3.00. The van der Waals surface area contributed by atoms with Gasteiger partial charge < -0.3 is 10.0 Å². The Bertz CT molecular complexity index is 581. The fraction of sp³-hybridized carbons (Fsp3) is 0.333. The second-order valence-corrected chi connectivity index (χ2v) is 5.89. The molecule has 0 fully saturated rings. The fourth-order valence-corrected chi connectivity index (χ4v) is 3.07. The van der Waals surface area contributed by atoms with E-state index >= 15 is 0 Å². The minimum absolute atomic E-state index is 0.162. The topological polar surface area (TPSA) is 23.5 Å². The van der Waals surface area contributed by atoms with Gasteiger partial charge in [0.1, 0.15) is 0 Å². The summed E-state index contributed by atoms with van der Waals surface area (Å²) < 4.78 is 0. The third-order valence-electron chi connectivity index (χ3n) is 4.34. The molecule has 1 atom stereocenters. The Kier molecular flexibility index (Phi) is 3.49. The molecule has 0 radical (unpaired) electrons. The highest BCUT2D eigenvalue weighted by Gasteiger charge is 2.31. The van der Waals surface area contributed by atoms with E-state index in [1.54, 1.807) is 0 Å². The zero-order valence-corrected chi connectivity index (χ0v) is 11.9. The fourth-order valence-electron chi connectivity index (χ4n) is 3.07. The minimum atomic E-state index is -0.224. The summed E-state index contributed by atoms with van der Waals surface area (Å²) in [7, 11) is 0. The average molecular weight is 267 g/mol. The molecular weight excluding hydrogens is 246 g/mol. The van der Waals surface area contributed by atoms with Gasteiger partial charge in [0.15, 0.2) is 0 Å². The van der Waals surface area contributed by atoms with Gasteiger partial charge in [0.25, 0.3) is 0 Å². The molecule has 0 spiro atoms. The first-order valence-corrected chi connectivity index (χ1v) is 7.22. The second kappa shape index (κ2) is 5.29. The third kappa shape index (κ3) is 2.32. The lowest BCUT2D eigenvalue weighted by molar-refractivity contribution is 0.208. The van der Waals surface area contributed by atoms with Crippen LogP contribution in [0.4, 0.5) is 5.69 Å². The van der Waals surface area contributed by atoms with Gasteiger partial charge in [-0.3, -0.25) is 0 Å². The van der Waals surface area contributed by atoms with E-state index in [1.807, 2.05) is 18.2 Å². The van der Waals surface area contributed by atoms with Crippen LogP contribution in [0.15, 0.2) is 54.6 Å².